The SMILES string of the molecule is COc1cc(OC)cc(OCCNC(=O)c2cccc(OC)c2)c1. The van der Waals surface area contributed by atoms with Crippen LogP contribution in [-0.2, 0) is 0 Å². The van der Waals surface area contributed by atoms with Crippen molar-refractivity contribution >= 4 is 5.91 Å². The lowest BCUT2D eigenvalue weighted by molar-refractivity contribution is 0.0946. The van der Waals surface area contributed by atoms with Gasteiger partial charge in [0.05, 0.1) is 27.9 Å². The Morgan fingerprint density at radius 1 is 0.875 bits per heavy atom. The van der Waals surface area contributed by atoms with Gasteiger partial charge in [0.15, 0.2) is 0 Å². The van der Waals surface area contributed by atoms with E-state index in [-0.39, 0.29) is 5.91 Å². The second-order valence-corrected chi connectivity index (χ2v) is 4.88. The summed E-state index contributed by atoms with van der Waals surface area (Å²) in [6.45, 7) is 0.696. The predicted molar refractivity (Wildman–Crippen MR) is 90.4 cm³/mol. The Morgan fingerprint density at radius 2 is 1.50 bits per heavy atom. The number of nitrogens with one attached hydrogen (secondary N) is 1. The Labute approximate surface area is 141 Å². The van der Waals surface area contributed by atoms with Crippen LogP contribution in [0.25, 0.3) is 0 Å². The molecule has 128 valence electrons. The Morgan fingerprint density at radius 3 is 2.12 bits per heavy atom. The third-order valence-electron chi connectivity index (χ3n) is 3.31. The number of ether oxygens (including phenoxy) is 4. The molecule has 0 aromatic heterocycles. The van der Waals surface area contributed by atoms with Crippen molar-refractivity contribution in [1.29, 1.82) is 0 Å². The lowest BCUT2D eigenvalue weighted by atomic mass is 10.2. The van der Waals surface area contributed by atoms with Gasteiger partial charge in [-0.1, -0.05) is 6.07 Å². The van der Waals surface area contributed by atoms with E-state index in [9.17, 15) is 4.79 Å². The van der Waals surface area contributed by atoms with Crippen LogP contribution in [0.4, 0.5) is 0 Å². The number of carbonyl (C=O) groups is 1. The standard InChI is InChI=1S/C18H21NO5/c1-21-14-6-4-5-13(9-14)18(20)19-7-8-24-17-11-15(22-2)10-16(12-17)23-3/h4-6,9-12H,7-8H2,1-3H3,(H,19,20). The molecule has 0 aliphatic heterocycles. The van der Waals surface area contributed by atoms with Crippen molar-refractivity contribution in [3.63, 3.8) is 0 Å². The van der Waals surface area contributed by atoms with Gasteiger partial charge in [0.25, 0.3) is 5.91 Å². The Kier molecular flexibility index (Phi) is 6.31. The molecule has 0 fully saturated rings. The molecule has 1 amide bonds. The molecular formula is C18H21NO5. The largest absolute Gasteiger partial charge is 0.497 e. The highest BCUT2D eigenvalue weighted by Crippen LogP contribution is 2.27. The van der Waals surface area contributed by atoms with Gasteiger partial charge >= 0.3 is 0 Å². The summed E-state index contributed by atoms with van der Waals surface area (Å²) in [6, 6.07) is 12.2. The molecule has 2 aromatic carbocycles. The quantitative estimate of drug-likeness (QED) is 0.753. The molecule has 0 unspecified atom stereocenters. The van der Waals surface area contributed by atoms with Crippen LogP contribution in [0.3, 0.4) is 0 Å². The van der Waals surface area contributed by atoms with Crippen LogP contribution in [-0.4, -0.2) is 40.4 Å². The minimum Gasteiger partial charge on any atom is -0.497 e. The molecule has 0 radical (unpaired) electrons. The van der Waals surface area contributed by atoms with E-state index in [1.807, 2.05) is 0 Å². The molecule has 0 atom stereocenters. The predicted octanol–water partition coefficient (Wildman–Crippen LogP) is 2.52. The zero-order valence-corrected chi connectivity index (χ0v) is 14.0. The zero-order chi connectivity index (χ0) is 17.4. The topological polar surface area (TPSA) is 66.0 Å². The summed E-state index contributed by atoms with van der Waals surface area (Å²) in [5.74, 6) is 2.36. The first kappa shape index (κ1) is 17.5. The molecule has 0 aliphatic carbocycles. The third-order valence-corrected chi connectivity index (χ3v) is 3.31. The van der Waals surface area contributed by atoms with E-state index < -0.39 is 0 Å². The van der Waals surface area contributed by atoms with Crippen LogP contribution in [0.15, 0.2) is 42.5 Å². The van der Waals surface area contributed by atoms with Crippen molar-refractivity contribution in [2.24, 2.45) is 0 Å². The van der Waals surface area contributed by atoms with Gasteiger partial charge < -0.3 is 24.3 Å². The lowest BCUT2D eigenvalue weighted by Gasteiger charge is -2.11. The fourth-order valence-corrected chi connectivity index (χ4v) is 2.06. The first-order valence-corrected chi connectivity index (χ1v) is 7.44. The van der Waals surface area contributed by atoms with Crippen LogP contribution < -0.4 is 24.3 Å². The molecule has 24 heavy (non-hydrogen) atoms. The van der Waals surface area contributed by atoms with E-state index in [0.717, 1.165) is 0 Å². The van der Waals surface area contributed by atoms with Crippen LogP contribution >= 0.6 is 0 Å². The second kappa shape index (κ2) is 8.67. The average Bonchev–Trinajstić information content (AvgIpc) is 2.64. The highest BCUT2D eigenvalue weighted by atomic mass is 16.5. The summed E-state index contributed by atoms with van der Waals surface area (Å²) >= 11 is 0. The van der Waals surface area contributed by atoms with Gasteiger partial charge in [-0.05, 0) is 18.2 Å². The monoisotopic (exact) mass is 331 g/mol. The molecule has 0 saturated heterocycles. The average molecular weight is 331 g/mol. The van der Waals surface area contributed by atoms with Crippen molar-refractivity contribution in [2.75, 3.05) is 34.5 Å². The number of benzene rings is 2. The molecule has 2 rings (SSSR count). The number of hydrogen-bond donors (Lipinski definition) is 1. The van der Waals surface area contributed by atoms with Gasteiger partial charge in [0, 0.05) is 23.8 Å². The molecule has 0 aliphatic rings. The van der Waals surface area contributed by atoms with Gasteiger partial charge in [0.2, 0.25) is 0 Å². The minimum atomic E-state index is -0.180. The number of amides is 1. The van der Waals surface area contributed by atoms with Crippen LogP contribution in [0.1, 0.15) is 10.4 Å². The summed E-state index contributed by atoms with van der Waals surface area (Å²) in [4.78, 5) is 12.1. The first-order valence-electron chi connectivity index (χ1n) is 7.44. The molecule has 0 heterocycles. The van der Waals surface area contributed by atoms with Crippen molar-refractivity contribution in [3.05, 3.63) is 48.0 Å². The summed E-state index contributed by atoms with van der Waals surface area (Å²) < 4.78 is 21.1. The highest BCUT2D eigenvalue weighted by molar-refractivity contribution is 5.94. The van der Waals surface area contributed by atoms with Gasteiger partial charge in [0.1, 0.15) is 29.6 Å². The normalized spacial score (nSPS) is 9.96. The van der Waals surface area contributed by atoms with E-state index in [0.29, 0.717) is 41.7 Å². The van der Waals surface area contributed by atoms with Gasteiger partial charge in [-0.3, -0.25) is 4.79 Å². The first-order chi connectivity index (χ1) is 11.7. The summed E-state index contributed by atoms with van der Waals surface area (Å²) in [7, 11) is 4.72. The minimum absolute atomic E-state index is 0.180. The molecule has 0 saturated carbocycles. The van der Waals surface area contributed by atoms with E-state index in [4.69, 9.17) is 18.9 Å². The van der Waals surface area contributed by atoms with E-state index >= 15 is 0 Å². The zero-order valence-electron chi connectivity index (χ0n) is 14.0. The number of rotatable bonds is 8. The molecular weight excluding hydrogens is 310 g/mol. The Hall–Kier alpha value is -2.89. The van der Waals surface area contributed by atoms with Crippen LogP contribution in [0, 0.1) is 0 Å². The maximum atomic E-state index is 12.1. The van der Waals surface area contributed by atoms with Crippen molar-refractivity contribution in [2.45, 2.75) is 0 Å². The van der Waals surface area contributed by atoms with E-state index in [1.165, 1.54) is 0 Å². The van der Waals surface area contributed by atoms with Gasteiger partial charge in [-0.25, -0.2) is 0 Å². The Balaban J connectivity index is 1.85. The number of methoxy groups -OCH3 is 3. The van der Waals surface area contributed by atoms with Crippen molar-refractivity contribution < 1.29 is 23.7 Å². The molecule has 6 heteroatoms. The Bertz CT molecular complexity index is 665. The van der Waals surface area contributed by atoms with E-state index in [1.54, 1.807) is 63.8 Å². The molecule has 0 spiro atoms. The molecule has 6 nitrogen and oxygen atoms in total. The van der Waals surface area contributed by atoms with Crippen LogP contribution in [0.2, 0.25) is 0 Å². The molecule has 2 aromatic rings. The fraction of sp³-hybridized carbons (Fsp3) is 0.278. The van der Waals surface area contributed by atoms with Gasteiger partial charge in [-0.2, -0.15) is 0 Å². The molecule has 1 N–H and O–H groups in total. The van der Waals surface area contributed by atoms with Crippen molar-refractivity contribution in [3.8, 4) is 23.0 Å². The fourth-order valence-electron chi connectivity index (χ4n) is 2.06. The van der Waals surface area contributed by atoms with Crippen LogP contribution in [0.5, 0.6) is 23.0 Å². The summed E-state index contributed by atoms with van der Waals surface area (Å²) in [5.41, 5.74) is 0.539. The third kappa shape index (κ3) is 4.81. The maximum Gasteiger partial charge on any atom is 0.251 e. The smallest absolute Gasteiger partial charge is 0.251 e. The summed E-state index contributed by atoms with van der Waals surface area (Å²) in [6.07, 6.45) is 0. The number of carbonyl (C=O) groups excluding carboxylic acids is 1. The van der Waals surface area contributed by atoms with E-state index in [2.05, 4.69) is 5.32 Å². The summed E-state index contributed by atoms with van der Waals surface area (Å²) in [5, 5.41) is 2.80. The molecule has 0 bridgehead atoms. The number of hydrogen-bond acceptors (Lipinski definition) is 5. The second-order valence-electron chi connectivity index (χ2n) is 4.88. The van der Waals surface area contributed by atoms with Crippen molar-refractivity contribution in [1.82, 2.24) is 5.32 Å². The highest BCUT2D eigenvalue weighted by Gasteiger charge is 2.07. The van der Waals surface area contributed by atoms with Gasteiger partial charge in [-0.15, -0.1) is 0 Å². The lowest BCUT2D eigenvalue weighted by Crippen LogP contribution is -2.28. The maximum absolute atomic E-state index is 12.1.